The van der Waals surface area contributed by atoms with E-state index in [0.29, 0.717) is 5.92 Å². The lowest BCUT2D eigenvalue weighted by Crippen LogP contribution is -1.93. The summed E-state index contributed by atoms with van der Waals surface area (Å²) in [4.78, 5) is 3.93. The van der Waals surface area contributed by atoms with E-state index in [0.717, 1.165) is 5.57 Å². The molecule has 0 aliphatic carbocycles. The first-order valence-corrected chi connectivity index (χ1v) is 3.40. The summed E-state index contributed by atoms with van der Waals surface area (Å²) in [6.45, 7) is 5.95. The minimum atomic E-state index is 0.390. The average molecular weight is 138 g/mol. The molecule has 0 aromatic carbocycles. The van der Waals surface area contributed by atoms with Crippen molar-refractivity contribution >= 4 is 12.4 Å². The highest BCUT2D eigenvalue weighted by Crippen LogP contribution is 2.05. The van der Waals surface area contributed by atoms with Crippen molar-refractivity contribution in [3.63, 3.8) is 0 Å². The highest BCUT2D eigenvalue weighted by molar-refractivity contribution is 5.76. The zero-order valence-corrected chi connectivity index (χ0v) is 6.76. The van der Waals surface area contributed by atoms with Crippen LogP contribution in [0, 0.1) is 11.3 Å². The van der Waals surface area contributed by atoms with Gasteiger partial charge in [-0.15, -0.1) is 0 Å². The standard InChI is InChI=1S/C8H14N2/c1-4-10-6-8(5-9)7(2)3/h4-7,9H,1-3H3/b8-6+,9-5?,10-4-. The van der Waals surface area contributed by atoms with Crippen molar-refractivity contribution in [3.05, 3.63) is 11.8 Å². The molecular weight excluding hydrogens is 124 g/mol. The second-order valence-corrected chi connectivity index (χ2v) is 2.34. The van der Waals surface area contributed by atoms with Crippen molar-refractivity contribution < 1.29 is 0 Å². The average Bonchev–Trinajstić information content (AvgIpc) is 1.89. The third-order valence-electron chi connectivity index (χ3n) is 1.21. The van der Waals surface area contributed by atoms with Gasteiger partial charge in [-0.2, -0.15) is 0 Å². The maximum Gasteiger partial charge on any atom is 0.0313 e. The summed E-state index contributed by atoms with van der Waals surface area (Å²) in [5.41, 5.74) is 0.957. The van der Waals surface area contributed by atoms with Crippen LogP contribution in [0.2, 0.25) is 0 Å². The Kier molecular flexibility index (Phi) is 4.46. The van der Waals surface area contributed by atoms with Crippen molar-refractivity contribution in [2.24, 2.45) is 10.9 Å². The molecule has 56 valence electrons. The molecule has 0 rings (SSSR count). The molecule has 0 aliphatic heterocycles. The summed E-state index contributed by atoms with van der Waals surface area (Å²) in [6.07, 6.45) is 4.78. The molecule has 0 aliphatic rings. The van der Waals surface area contributed by atoms with E-state index in [1.54, 1.807) is 12.4 Å². The Balaban J connectivity index is 4.18. The monoisotopic (exact) mass is 138 g/mol. The lowest BCUT2D eigenvalue weighted by atomic mass is 10.1. The Hall–Kier alpha value is -0.920. The van der Waals surface area contributed by atoms with Crippen LogP contribution >= 0.6 is 0 Å². The molecule has 0 fully saturated rings. The predicted molar refractivity (Wildman–Crippen MR) is 45.9 cm³/mol. The summed E-state index contributed by atoms with van der Waals surface area (Å²) >= 11 is 0. The van der Waals surface area contributed by atoms with Crippen molar-refractivity contribution in [2.45, 2.75) is 20.8 Å². The SMILES string of the molecule is C/C=N\C=C(/C=N)C(C)C. The molecular formula is C8H14N2. The van der Waals surface area contributed by atoms with Gasteiger partial charge in [-0.05, 0) is 18.4 Å². The van der Waals surface area contributed by atoms with E-state index in [9.17, 15) is 0 Å². The topological polar surface area (TPSA) is 36.2 Å². The maximum atomic E-state index is 7.00. The lowest BCUT2D eigenvalue weighted by Gasteiger charge is -2.00. The smallest absolute Gasteiger partial charge is 0.0313 e. The second-order valence-electron chi connectivity index (χ2n) is 2.34. The van der Waals surface area contributed by atoms with Crippen molar-refractivity contribution in [1.82, 2.24) is 0 Å². The molecule has 0 radical (unpaired) electrons. The zero-order chi connectivity index (χ0) is 7.98. The molecule has 0 saturated heterocycles. The van der Waals surface area contributed by atoms with Crippen LogP contribution < -0.4 is 0 Å². The van der Waals surface area contributed by atoms with E-state index >= 15 is 0 Å². The van der Waals surface area contributed by atoms with Crippen molar-refractivity contribution in [3.8, 4) is 0 Å². The molecule has 0 spiro atoms. The van der Waals surface area contributed by atoms with E-state index in [4.69, 9.17) is 5.41 Å². The second kappa shape index (κ2) is 4.91. The van der Waals surface area contributed by atoms with E-state index in [1.807, 2.05) is 20.8 Å². The summed E-state index contributed by atoms with van der Waals surface area (Å²) in [5.74, 6) is 0.390. The molecule has 0 heterocycles. The fourth-order valence-electron chi connectivity index (χ4n) is 0.514. The normalized spacial score (nSPS) is 13.0. The molecule has 0 saturated carbocycles. The summed E-state index contributed by atoms with van der Waals surface area (Å²) in [7, 11) is 0. The minimum absolute atomic E-state index is 0.390. The van der Waals surface area contributed by atoms with Gasteiger partial charge in [0.25, 0.3) is 0 Å². The Bertz CT molecular complexity index is 155. The van der Waals surface area contributed by atoms with Gasteiger partial charge >= 0.3 is 0 Å². The van der Waals surface area contributed by atoms with Gasteiger partial charge in [0.1, 0.15) is 0 Å². The van der Waals surface area contributed by atoms with Gasteiger partial charge in [-0.1, -0.05) is 13.8 Å². The van der Waals surface area contributed by atoms with Crippen LogP contribution in [0.15, 0.2) is 16.8 Å². The quantitative estimate of drug-likeness (QED) is 0.581. The summed E-state index contributed by atoms with van der Waals surface area (Å²) < 4.78 is 0. The first-order chi connectivity index (χ1) is 4.72. The summed E-state index contributed by atoms with van der Waals surface area (Å²) in [6, 6.07) is 0. The third kappa shape index (κ3) is 3.17. The van der Waals surface area contributed by atoms with Crippen LogP contribution in [-0.4, -0.2) is 12.4 Å². The highest BCUT2D eigenvalue weighted by Gasteiger charge is 1.96. The van der Waals surface area contributed by atoms with Gasteiger partial charge in [0, 0.05) is 18.6 Å². The Morgan fingerprint density at radius 3 is 2.40 bits per heavy atom. The highest BCUT2D eigenvalue weighted by atomic mass is 14.7. The molecule has 10 heavy (non-hydrogen) atoms. The van der Waals surface area contributed by atoms with Gasteiger partial charge < -0.3 is 5.41 Å². The molecule has 1 N–H and O–H groups in total. The maximum absolute atomic E-state index is 7.00. The number of nitrogens with one attached hydrogen (secondary N) is 1. The van der Waals surface area contributed by atoms with E-state index in [-0.39, 0.29) is 0 Å². The predicted octanol–water partition coefficient (Wildman–Crippen LogP) is 2.27. The van der Waals surface area contributed by atoms with Crippen molar-refractivity contribution in [2.75, 3.05) is 0 Å². The van der Waals surface area contributed by atoms with Crippen molar-refractivity contribution in [1.29, 1.82) is 5.41 Å². The molecule has 0 atom stereocenters. The van der Waals surface area contributed by atoms with Gasteiger partial charge in [-0.25, -0.2) is 0 Å². The summed E-state index contributed by atoms with van der Waals surface area (Å²) in [5, 5.41) is 7.00. The van der Waals surface area contributed by atoms with Gasteiger partial charge in [0.2, 0.25) is 0 Å². The number of nitrogens with zero attached hydrogens (tertiary/aromatic N) is 1. The molecule has 0 bridgehead atoms. The Labute approximate surface area is 62.2 Å². The third-order valence-corrected chi connectivity index (χ3v) is 1.21. The molecule has 0 unspecified atom stereocenters. The van der Waals surface area contributed by atoms with E-state index in [1.165, 1.54) is 6.21 Å². The number of allylic oxidation sites excluding steroid dienone is 1. The largest absolute Gasteiger partial charge is 0.308 e. The molecule has 2 heteroatoms. The zero-order valence-electron chi connectivity index (χ0n) is 6.76. The lowest BCUT2D eigenvalue weighted by molar-refractivity contribution is 0.803. The molecule has 0 aromatic heterocycles. The molecule has 0 aromatic rings. The van der Waals surface area contributed by atoms with Gasteiger partial charge in [0.05, 0.1) is 0 Å². The Morgan fingerprint density at radius 1 is 1.50 bits per heavy atom. The van der Waals surface area contributed by atoms with Gasteiger partial charge in [0.15, 0.2) is 0 Å². The number of aliphatic imine (C=N–C) groups is 1. The molecule has 0 amide bonds. The van der Waals surface area contributed by atoms with Crippen LogP contribution in [0.25, 0.3) is 0 Å². The first-order valence-electron chi connectivity index (χ1n) is 3.40. The van der Waals surface area contributed by atoms with Gasteiger partial charge in [-0.3, -0.25) is 4.99 Å². The van der Waals surface area contributed by atoms with Crippen LogP contribution in [0.3, 0.4) is 0 Å². The number of hydrogen-bond donors (Lipinski definition) is 1. The molecule has 2 nitrogen and oxygen atoms in total. The van der Waals surface area contributed by atoms with Crippen LogP contribution in [0.5, 0.6) is 0 Å². The number of rotatable bonds is 3. The number of hydrogen-bond acceptors (Lipinski definition) is 2. The van der Waals surface area contributed by atoms with Crippen LogP contribution in [0.4, 0.5) is 0 Å². The van der Waals surface area contributed by atoms with Crippen LogP contribution in [0.1, 0.15) is 20.8 Å². The first kappa shape index (κ1) is 9.08. The Morgan fingerprint density at radius 2 is 2.10 bits per heavy atom. The fourth-order valence-corrected chi connectivity index (χ4v) is 0.514. The fraction of sp³-hybridized carbons (Fsp3) is 0.500. The van der Waals surface area contributed by atoms with Crippen LogP contribution in [-0.2, 0) is 0 Å². The van der Waals surface area contributed by atoms with E-state index in [2.05, 4.69) is 4.99 Å². The van der Waals surface area contributed by atoms with E-state index < -0.39 is 0 Å². The minimum Gasteiger partial charge on any atom is -0.308 e.